The van der Waals surface area contributed by atoms with E-state index in [0.29, 0.717) is 10.2 Å². The average molecular weight is 326 g/mol. The molecule has 0 aromatic carbocycles. The van der Waals surface area contributed by atoms with E-state index in [1.54, 1.807) is 29.7 Å². The fraction of sp³-hybridized carbons (Fsp3) is 0.250. The van der Waals surface area contributed by atoms with Crippen LogP contribution in [0.5, 0.6) is 0 Å². The third-order valence-corrected chi connectivity index (χ3v) is 4.11. The SMILES string of the molecule is Cc1csc(C(C)NC(=O)c2ncccc2Br)n1. The summed E-state index contributed by atoms with van der Waals surface area (Å²) in [5.74, 6) is -0.206. The topological polar surface area (TPSA) is 54.9 Å². The first-order valence-electron chi connectivity index (χ1n) is 5.41. The maximum absolute atomic E-state index is 12.0. The van der Waals surface area contributed by atoms with E-state index in [1.165, 1.54) is 0 Å². The van der Waals surface area contributed by atoms with E-state index in [2.05, 4.69) is 31.2 Å². The van der Waals surface area contributed by atoms with Crippen LogP contribution >= 0.6 is 27.3 Å². The molecule has 2 aromatic rings. The van der Waals surface area contributed by atoms with E-state index in [1.807, 2.05) is 19.2 Å². The fourth-order valence-electron chi connectivity index (χ4n) is 1.45. The normalized spacial score (nSPS) is 12.2. The molecular weight excluding hydrogens is 314 g/mol. The van der Waals surface area contributed by atoms with Crippen LogP contribution in [0.2, 0.25) is 0 Å². The summed E-state index contributed by atoms with van der Waals surface area (Å²) in [7, 11) is 0. The van der Waals surface area contributed by atoms with Gasteiger partial charge in [-0.1, -0.05) is 0 Å². The molecule has 2 aromatic heterocycles. The number of nitrogens with zero attached hydrogens (tertiary/aromatic N) is 2. The van der Waals surface area contributed by atoms with Gasteiger partial charge in [-0.25, -0.2) is 9.97 Å². The lowest BCUT2D eigenvalue weighted by Crippen LogP contribution is -2.27. The highest BCUT2D eigenvalue weighted by Crippen LogP contribution is 2.19. The third kappa shape index (κ3) is 2.94. The largest absolute Gasteiger partial charge is 0.342 e. The number of aryl methyl sites for hydroxylation is 1. The van der Waals surface area contributed by atoms with Crippen molar-refractivity contribution in [3.63, 3.8) is 0 Å². The molecule has 1 unspecified atom stereocenters. The first-order chi connectivity index (χ1) is 8.58. The highest BCUT2D eigenvalue weighted by Gasteiger charge is 2.16. The minimum absolute atomic E-state index is 0.120. The number of pyridine rings is 1. The van der Waals surface area contributed by atoms with Gasteiger partial charge in [-0.05, 0) is 41.9 Å². The van der Waals surface area contributed by atoms with Gasteiger partial charge in [0.1, 0.15) is 10.7 Å². The molecule has 0 aliphatic carbocycles. The molecule has 2 heterocycles. The van der Waals surface area contributed by atoms with E-state index in [0.717, 1.165) is 10.7 Å². The van der Waals surface area contributed by atoms with Crippen molar-refractivity contribution < 1.29 is 4.79 Å². The van der Waals surface area contributed by atoms with Gasteiger partial charge in [-0.15, -0.1) is 11.3 Å². The number of rotatable bonds is 3. The van der Waals surface area contributed by atoms with Gasteiger partial charge in [0.2, 0.25) is 0 Å². The quantitative estimate of drug-likeness (QED) is 0.943. The van der Waals surface area contributed by atoms with Gasteiger partial charge < -0.3 is 5.32 Å². The maximum Gasteiger partial charge on any atom is 0.271 e. The van der Waals surface area contributed by atoms with Crippen molar-refractivity contribution in [1.82, 2.24) is 15.3 Å². The van der Waals surface area contributed by atoms with Gasteiger partial charge in [0.15, 0.2) is 0 Å². The Kier molecular flexibility index (Phi) is 4.08. The zero-order valence-electron chi connectivity index (χ0n) is 9.98. The molecule has 4 nitrogen and oxygen atoms in total. The molecule has 0 saturated heterocycles. The Morgan fingerprint density at radius 2 is 2.33 bits per heavy atom. The van der Waals surface area contributed by atoms with E-state index in [4.69, 9.17) is 0 Å². The summed E-state index contributed by atoms with van der Waals surface area (Å²) in [5, 5.41) is 5.75. The number of hydrogen-bond donors (Lipinski definition) is 1. The Morgan fingerprint density at radius 1 is 1.56 bits per heavy atom. The second-order valence-corrected chi connectivity index (χ2v) is 5.60. The Morgan fingerprint density at radius 3 is 2.94 bits per heavy atom. The molecule has 0 fully saturated rings. The molecule has 0 aliphatic rings. The second kappa shape index (κ2) is 5.58. The number of carbonyl (C=O) groups excluding carboxylic acids is 1. The summed E-state index contributed by atoms with van der Waals surface area (Å²) in [6.45, 7) is 3.84. The van der Waals surface area contributed by atoms with Crippen molar-refractivity contribution in [3.05, 3.63) is 44.6 Å². The Bertz CT molecular complexity index is 570. The molecule has 0 saturated carbocycles. The molecule has 0 radical (unpaired) electrons. The minimum atomic E-state index is -0.206. The molecular formula is C12H12BrN3OS. The summed E-state index contributed by atoms with van der Waals surface area (Å²) < 4.78 is 0.685. The standard InChI is InChI=1S/C12H12BrN3OS/c1-7-6-18-12(15-7)8(2)16-11(17)10-9(13)4-3-5-14-10/h3-6,8H,1-2H3,(H,16,17). The van der Waals surface area contributed by atoms with Crippen LogP contribution in [-0.2, 0) is 0 Å². The van der Waals surface area contributed by atoms with Crippen LogP contribution in [0.25, 0.3) is 0 Å². The zero-order valence-corrected chi connectivity index (χ0v) is 12.4. The highest BCUT2D eigenvalue weighted by molar-refractivity contribution is 9.10. The fourth-order valence-corrected chi connectivity index (χ4v) is 2.69. The van der Waals surface area contributed by atoms with Crippen molar-refractivity contribution in [2.45, 2.75) is 19.9 Å². The molecule has 18 heavy (non-hydrogen) atoms. The van der Waals surface area contributed by atoms with Crippen LogP contribution in [-0.4, -0.2) is 15.9 Å². The van der Waals surface area contributed by atoms with Crippen molar-refractivity contribution >= 4 is 33.2 Å². The van der Waals surface area contributed by atoms with Gasteiger partial charge in [0, 0.05) is 21.7 Å². The third-order valence-electron chi connectivity index (χ3n) is 2.33. The molecule has 0 bridgehead atoms. The van der Waals surface area contributed by atoms with E-state index in [-0.39, 0.29) is 11.9 Å². The van der Waals surface area contributed by atoms with Gasteiger partial charge in [0.25, 0.3) is 5.91 Å². The van der Waals surface area contributed by atoms with Crippen LogP contribution in [0, 0.1) is 6.92 Å². The lowest BCUT2D eigenvalue weighted by molar-refractivity contribution is 0.0934. The average Bonchev–Trinajstić information content (AvgIpc) is 2.76. The smallest absolute Gasteiger partial charge is 0.271 e. The van der Waals surface area contributed by atoms with Crippen LogP contribution in [0.4, 0.5) is 0 Å². The molecule has 2 rings (SSSR count). The van der Waals surface area contributed by atoms with Crippen LogP contribution in [0.3, 0.4) is 0 Å². The molecule has 6 heteroatoms. The number of nitrogens with one attached hydrogen (secondary N) is 1. The van der Waals surface area contributed by atoms with E-state index < -0.39 is 0 Å². The summed E-state index contributed by atoms with van der Waals surface area (Å²) in [5.41, 5.74) is 1.35. The van der Waals surface area contributed by atoms with Crippen molar-refractivity contribution in [1.29, 1.82) is 0 Å². The van der Waals surface area contributed by atoms with Crippen molar-refractivity contribution in [2.24, 2.45) is 0 Å². The molecule has 0 aliphatic heterocycles. The Hall–Kier alpha value is -1.27. The number of hydrogen-bond acceptors (Lipinski definition) is 4. The van der Waals surface area contributed by atoms with Crippen LogP contribution in [0.15, 0.2) is 28.2 Å². The summed E-state index contributed by atoms with van der Waals surface area (Å²) in [4.78, 5) is 20.4. The Labute approximate surface area is 118 Å². The Balaban J connectivity index is 2.10. The van der Waals surface area contributed by atoms with Gasteiger partial charge in [-0.2, -0.15) is 0 Å². The lowest BCUT2D eigenvalue weighted by atomic mass is 10.3. The zero-order chi connectivity index (χ0) is 13.1. The van der Waals surface area contributed by atoms with E-state index >= 15 is 0 Å². The molecule has 94 valence electrons. The van der Waals surface area contributed by atoms with E-state index in [9.17, 15) is 4.79 Å². The number of halogens is 1. The predicted octanol–water partition coefficient (Wildman–Crippen LogP) is 3.10. The minimum Gasteiger partial charge on any atom is -0.342 e. The number of amides is 1. The number of aromatic nitrogens is 2. The predicted molar refractivity (Wildman–Crippen MR) is 74.7 cm³/mol. The number of thiazole rings is 1. The first-order valence-corrected chi connectivity index (χ1v) is 7.08. The summed E-state index contributed by atoms with van der Waals surface area (Å²) in [6, 6.07) is 3.44. The van der Waals surface area contributed by atoms with Gasteiger partial charge in [-0.3, -0.25) is 4.79 Å². The summed E-state index contributed by atoms with van der Waals surface area (Å²) in [6.07, 6.45) is 1.60. The highest BCUT2D eigenvalue weighted by atomic mass is 79.9. The lowest BCUT2D eigenvalue weighted by Gasteiger charge is -2.11. The number of carbonyl (C=O) groups is 1. The molecule has 1 amide bonds. The van der Waals surface area contributed by atoms with Crippen molar-refractivity contribution in [2.75, 3.05) is 0 Å². The van der Waals surface area contributed by atoms with Crippen LogP contribution in [0.1, 0.15) is 34.2 Å². The van der Waals surface area contributed by atoms with Crippen molar-refractivity contribution in [3.8, 4) is 0 Å². The monoisotopic (exact) mass is 325 g/mol. The summed E-state index contributed by atoms with van der Waals surface area (Å²) >= 11 is 4.85. The van der Waals surface area contributed by atoms with Crippen LogP contribution < -0.4 is 5.32 Å². The van der Waals surface area contributed by atoms with Gasteiger partial charge >= 0.3 is 0 Å². The maximum atomic E-state index is 12.0. The molecule has 0 spiro atoms. The second-order valence-electron chi connectivity index (χ2n) is 3.86. The van der Waals surface area contributed by atoms with Gasteiger partial charge in [0.05, 0.1) is 6.04 Å². The molecule has 1 atom stereocenters. The first kappa shape index (κ1) is 13.2. The molecule has 1 N–H and O–H groups in total.